The Labute approximate surface area is 245 Å². The number of nitrogens with one attached hydrogen (secondary N) is 1. The molecule has 2 aromatic heterocycles. The van der Waals surface area contributed by atoms with E-state index in [0.29, 0.717) is 22.4 Å². The minimum absolute atomic E-state index is 0.0166. The van der Waals surface area contributed by atoms with E-state index in [2.05, 4.69) is 4.98 Å². The van der Waals surface area contributed by atoms with E-state index in [4.69, 9.17) is 16.0 Å². The van der Waals surface area contributed by atoms with E-state index < -0.39 is 56.5 Å². The van der Waals surface area contributed by atoms with E-state index in [9.17, 15) is 35.6 Å². The summed E-state index contributed by atoms with van der Waals surface area (Å²) in [4.78, 5) is 31.9. The number of carbonyl (C=O) groups is 2. The molecule has 0 radical (unpaired) electrons. The van der Waals surface area contributed by atoms with Crippen LogP contribution in [-0.2, 0) is 20.2 Å². The number of piperidine rings is 1. The number of sulfonamides is 1. The first-order chi connectivity index (χ1) is 19.2. The third kappa shape index (κ3) is 6.41. The standard InChI is InChI=1S/C28H30ClF4N3O5S/c1-26(2,3)17-12-20(16-6-7-18(29)19(30)11-16)34-21-13-22(41-24(17)21)25(38)36-9-8-15(14-27(36,4)5)10-23(37)35-42(39,40)28(31,32)33/h6-7,11-13,15H,8-10,14H2,1-5H3,(H,35,37). The lowest BCUT2D eigenvalue weighted by atomic mass is 9.80. The maximum Gasteiger partial charge on any atom is 0.516 e. The van der Waals surface area contributed by atoms with Gasteiger partial charge in [-0.2, -0.15) is 21.6 Å². The summed E-state index contributed by atoms with van der Waals surface area (Å²) in [5, 5.41) is -0.0228. The van der Waals surface area contributed by atoms with Gasteiger partial charge in [0.05, 0.1) is 10.7 Å². The van der Waals surface area contributed by atoms with Crippen molar-refractivity contribution < 1.29 is 40.0 Å². The zero-order valence-electron chi connectivity index (χ0n) is 23.5. The van der Waals surface area contributed by atoms with Crippen molar-refractivity contribution in [2.75, 3.05) is 6.54 Å². The second-order valence-electron chi connectivity index (χ2n) is 12.1. The first-order valence-electron chi connectivity index (χ1n) is 13.0. The van der Waals surface area contributed by atoms with Crippen LogP contribution >= 0.6 is 11.6 Å². The molecule has 1 aliphatic rings. The second kappa shape index (κ2) is 10.8. The number of alkyl halides is 3. The summed E-state index contributed by atoms with van der Waals surface area (Å²) < 4.78 is 81.7. The summed E-state index contributed by atoms with van der Waals surface area (Å²) in [6.07, 6.45) is 0.0429. The molecule has 14 heteroatoms. The number of hydrogen-bond acceptors (Lipinski definition) is 6. The second-order valence-corrected chi connectivity index (χ2v) is 14.1. The lowest BCUT2D eigenvalue weighted by Crippen LogP contribution is -2.53. The summed E-state index contributed by atoms with van der Waals surface area (Å²) in [5.74, 6) is -2.74. The van der Waals surface area contributed by atoms with Gasteiger partial charge in [-0.15, -0.1) is 0 Å². The highest BCUT2D eigenvalue weighted by molar-refractivity contribution is 7.90. The van der Waals surface area contributed by atoms with Crippen molar-refractivity contribution in [3.05, 3.63) is 52.5 Å². The molecule has 3 heterocycles. The Balaban J connectivity index is 1.59. The van der Waals surface area contributed by atoms with Crippen LogP contribution in [0.15, 0.2) is 34.7 Å². The van der Waals surface area contributed by atoms with Crippen LogP contribution in [0.2, 0.25) is 5.02 Å². The van der Waals surface area contributed by atoms with Crippen molar-refractivity contribution in [2.45, 2.75) is 70.3 Å². The van der Waals surface area contributed by atoms with Crippen molar-refractivity contribution in [3.8, 4) is 11.3 Å². The largest absolute Gasteiger partial charge is 0.516 e. The molecular formula is C28H30ClF4N3O5S. The number of furan rings is 1. The highest BCUT2D eigenvalue weighted by Crippen LogP contribution is 2.38. The van der Waals surface area contributed by atoms with Crippen molar-refractivity contribution >= 4 is 44.5 Å². The van der Waals surface area contributed by atoms with Crippen LogP contribution in [0.3, 0.4) is 0 Å². The average molecular weight is 632 g/mol. The number of likely N-dealkylation sites (tertiary alicyclic amines) is 1. The quantitative estimate of drug-likeness (QED) is 0.319. The number of nitrogens with zero attached hydrogens (tertiary/aromatic N) is 2. The molecule has 1 unspecified atom stereocenters. The molecule has 1 atom stereocenters. The summed E-state index contributed by atoms with van der Waals surface area (Å²) in [5.41, 5.74) is -4.37. The smallest absolute Gasteiger partial charge is 0.449 e. The minimum Gasteiger partial charge on any atom is -0.449 e. The molecular weight excluding hydrogens is 602 g/mol. The first-order valence-corrected chi connectivity index (χ1v) is 14.9. The number of halogens is 5. The zero-order valence-corrected chi connectivity index (χ0v) is 25.1. The van der Waals surface area contributed by atoms with E-state index in [-0.39, 0.29) is 30.2 Å². The van der Waals surface area contributed by atoms with Crippen LogP contribution < -0.4 is 4.72 Å². The summed E-state index contributed by atoms with van der Waals surface area (Å²) in [7, 11) is -5.80. The molecule has 0 aliphatic carbocycles. The molecule has 1 N–H and O–H groups in total. The molecule has 0 bridgehead atoms. The van der Waals surface area contributed by atoms with Gasteiger partial charge in [0.1, 0.15) is 11.3 Å². The van der Waals surface area contributed by atoms with Gasteiger partial charge in [-0.1, -0.05) is 38.4 Å². The highest BCUT2D eigenvalue weighted by atomic mass is 35.5. The third-order valence-electron chi connectivity index (χ3n) is 7.27. The Kier molecular flexibility index (Phi) is 8.18. The summed E-state index contributed by atoms with van der Waals surface area (Å²) in [6.45, 7) is 9.53. The number of carbonyl (C=O) groups excluding carboxylic acids is 2. The van der Waals surface area contributed by atoms with E-state index in [1.165, 1.54) is 18.2 Å². The van der Waals surface area contributed by atoms with Crippen molar-refractivity contribution in [2.24, 2.45) is 5.92 Å². The van der Waals surface area contributed by atoms with Gasteiger partial charge < -0.3 is 9.32 Å². The molecule has 2 amide bonds. The van der Waals surface area contributed by atoms with Gasteiger partial charge >= 0.3 is 15.5 Å². The van der Waals surface area contributed by atoms with E-state index in [1.54, 1.807) is 30.9 Å². The van der Waals surface area contributed by atoms with Crippen molar-refractivity contribution in [1.29, 1.82) is 0 Å². The maximum atomic E-state index is 14.2. The number of pyridine rings is 1. The van der Waals surface area contributed by atoms with Crippen molar-refractivity contribution in [1.82, 2.24) is 14.6 Å². The molecule has 8 nitrogen and oxygen atoms in total. The lowest BCUT2D eigenvalue weighted by molar-refractivity contribution is -0.121. The van der Waals surface area contributed by atoms with Gasteiger partial charge in [-0.05, 0) is 56.2 Å². The molecule has 0 saturated carbocycles. The maximum absolute atomic E-state index is 14.2. The molecule has 1 fully saturated rings. The van der Waals surface area contributed by atoms with E-state index >= 15 is 0 Å². The molecule has 0 spiro atoms. The Morgan fingerprint density at radius 1 is 1.17 bits per heavy atom. The molecule has 4 rings (SSSR count). The number of fused-ring (bicyclic) bond motifs is 1. The molecule has 228 valence electrons. The number of amides is 2. The number of rotatable bonds is 5. The van der Waals surface area contributed by atoms with Gasteiger partial charge in [-0.3, -0.25) is 9.59 Å². The van der Waals surface area contributed by atoms with Crippen LogP contribution in [0, 0.1) is 11.7 Å². The van der Waals surface area contributed by atoms with Crippen LogP contribution in [-0.4, -0.2) is 47.7 Å². The predicted molar refractivity (Wildman–Crippen MR) is 149 cm³/mol. The van der Waals surface area contributed by atoms with Gasteiger partial charge in [0, 0.05) is 35.7 Å². The molecule has 1 aliphatic heterocycles. The lowest BCUT2D eigenvalue weighted by Gasteiger charge is -2.45. The Morgan fingerprint density at radius 3 is 2.40 bits per heavy atom. The van der Waals surface area contributed by atoms with E-state index in [0.717, 1.165) is 10.3 Å². The van der Waals surface area contributed by atoms with Crippen LogP contribution in [0.4, 0.5) is 17.6 Å². The van der Waals surface area contributed by atoms with E-state index in [1.807, 2.05) is 20.8 Å². The summed E-state index contributed by atoms with van der Waals surface area (Å²) >= 11 is 5.84. The highest BCUT2D eigenvalue weighted by Gasteiger charge is 2.47. The first kappa shape index (κ1) is 31.7. The third-order valence-corrected chi connectivity index (χ3v) is 8.68. The van der Waals surface area contributed by atoms with Gasteiger partial charge in [-0.25, -0.2) is 14.1 Å². The Morgan fingerprint density at radius 2 is 1.83 bits per heavy atom. The Bertz CT molecular complexity index is 1660. The molecule has 1 saturated heterocycles. The zero-order chi connectivity index (χ0) is 31.4. The van der Waals surface area contributed by atoms with Gasteiger partial charge in [0.2, 0.25) is 5.91 Å². The van der Waals surface area contributed by atoms with Gasteiger partial charge in [0.25, 0.3) is 5.91 Å². The fourth-order valence-electron chi connectivity index (χ4n) is 5.22. The van der Waals surface area contributed by atoms with Crippen LogP contribution in [0.5, 0.6) is 0 Å². The average Bonchev–Trinajstić information content (AvgIpc) is 3.26. The Hall–Kier alpha value is -3.19. The topological polar surface area (TPSA) is 110 Å². The summed E-state index contributed by atoms with van der Waals surface area (Å²) in [6, 6.07) is 7.65. The number of aromatic nitrogens is 1. The molecule has 42 heavy (non-hydrogen) atoms. The monoisotopic (exact) mass is 631 g/mol. The fraction of sp³-hybridized carbons (Fsp3) is 0.464. The SMILES string of the molecule is CC(C)(C)c1cc(-c2ccc(Cl)c(F)c2)nc2cc(C(=O)N3CCC(CC(=O)NS(=O)(=O)C(F)(F)F)CC3(C)C)oc12. The normalized spacial score (nSPS) is 17.9. The number of hydrogen-bond donors (Lipinski definition) is 1. The van der Waals surface area contributed by atoms with Crippen LogP contribution in [0.25, 0.3) is 22.4 Å². The number of benzene rings is 1. The minimum atomic E-state index is -5.80. The van der Waals surface area contributed by atoms with Crippen LogP contribution in [0.1, 0.15) is 70.0 Å². The predicted octanol–water partition coefficient (Wildman–Crippen LogP) is 6.57. The molecule has 3 aromatic rings. The van der Waals surface area contributed by atoms with Crippen molar-refractivity contribution in [3.63, 3.8) is 0 Å². The fourth-order valence-corrected chi connectivity index (χ4v) is 5.83. The van der Waals surface area contributed by atoms with Gasteiger partial charge in [0.15, 0.2) is 11.3 Å². The molecule has 1 aromatic carbocycles.